The molecule has 102 valence electrons. The maximum absolute atomic E-state index is 9.94. The minimum Gasteiger partial charge on any atom is -0.496 e. The van der Waals surface area contributed by atoms with Crippen molar-refractivity contribution in [2.24, 2.45) is 0 Å². The highest BCUT2D eigenvalue weighted by Gasteiger charge is 2.25. The van der Waals surface area contributed by atoms with Gasteiger partial charge in [-0.05, 0) is 17.7 Å². The average Bonchev–Trinajstić information content (AvgIpc) is 2.43. The van der Waals surface area contributed by atoms with E-state index in [1.165, 1.54) is 26.4 Å². The Labute approximate surface area is 105 Å². The predicted octanol–water partition coefficient (Wildman–Crippen LogP) is -0.417. The highest BCUT2D eigenvalue weighted by Crippen LogP contribution is 2.37. The Morgan fingerprint density at radius 2 is 1.56 bits per heavy atom. The summed E-state index contributed by atoms with van der Waals surface area (Å²) >= 11 is 0. The zero-order valence-corrected chi connectivity index (χ0v) is 10.3. The molecule has 0 saturated heterocycles. The first-order valence-electron chi connectivity index (χ1n) is 5.41. The molecule has 6 nitrogen and oxygen atoms in total. The summed E-state index contributed by atoms with van der Waals surface area (Å²) in [4.78, 5) is 0. The molecule has 0 radical (unpaired) electrons. The summed E-state index contributed by atoms with van der Waals surface area (Å²) < 4.78 is 10.2. The lowest BCUT2D eigenvalue weighted by Crippen LogP contribution is -2.23. The van der Waals surface area contributed by atoms with E-state index in [-0.39, 0.29) is 23.7 Å². The Kier molecular flexibility index (Phi) is 5.36. The number of rotatable bonds is 6. The van der Waals surface area contributed by atoms with Crippen molar-refractivity contribution in [1.82, 2.24) is 0 Å². The highest BCUT2D eigenvalue weighted by molar-refractivity contribution is 5.49. The first kappa shape index (κ1) is 14.7. The molecule has 18 heavy (non-hydrogen) atoms. The van der Waals surface area contributed by atoms with Crippen molar-refractivity contribution in [2.45, 2.75) is 18.8 Å². The Balaban J connectivity index is 3.30. The number of aliphatic hydroxyl groups is 4. The number of methoxy groups -OCH3 is 2. The summed E-state index contributed by atoms with van der Waals surface area (Å²) in [6.07, 6.45) is -2.68. The lowest BCUT2D eigenvalue weighted by atomic mass is 10.00. The molecule has 2 atom stereocenters. The van der Waals surface area contributed by atoms with Gasteiger partial charge < -0.3 is 29.9 Å². The smallest absolute Gasteiger partial charge is 0.128 e. The molecule has 0 amide bonds. The summed E-state index contributed by atoms with van der Waals surface area (Å²) in [6, 6.07) is 3.07. The molecule has 0 aromatic heterocycles. The van der Waals surface area contributed by atoms with E-state index in [1.54, 1.807) is 0 Å². The lowest BCUT2D eigenvalue weighted by molar-refractivity contribution is -0.0172. The molecule has 6 heteroatoms. The van der Waals surface area contributed by atoms with Crippen molar-refractivity contribution in [2.75, 3.05) is 20.8 Å². The van der Waals surface area contributed by atoms with Crippen molar-refractivity contribution in [3.63, 3.8) is 0 Å². The number of ether oxygens (including phenoxy) is 2. The molecule has 2 unspecified atom stereocenters. The minimum absolute atomic E-state index is 0.203. The van der Waals surface area contributed by atoms with E-state index >= 15 is 0 Å². The van der Waals surface area contributed by atoms with Crippen LogP contribution in [0.25, 0.3) is 0 Å². The first-order valence-corrected chi connectivity index (χ1v) is 5.41. The third-order valence-electron chi connectivity index (χ3n) is 2.63. The van der Waals surface area contributed by atoms with Crippen molar-refractivity contribution in [3.05, 3.63) is 23.3 Å². The molecule has 1 aromatic rings. The molecule has 1 aromatic carbocycles. The van der Waals surface area contributed by atoms with E-state index in [1.807, 2.05) is 0 Å². The molecule has 0 aliphatic heterocycles. The summed E-state index contributed by atoms with van der Waals surface area (Å²) in [6.45, 7) is -0.791. The quantitative estimate of drug-likeness (QED) is 0.553. The van der Waals surface area contributed by atoms with Gasteiger partial charge in [-0.1, -0.05) is 0 Å². The van der Waals surface area contributed by atoms with Crippen LogP contribution in [0.2, 0.25) is 0 Å². The second-order valence-corrected chi connectivity index (χ2v) is 3.77. The van der Waals surface area contributed by atoms with Gasteiger partial charge in [0.25, 0.3) is 0 Å². The molecular formula is C12H18O6. The fourth-order valence-corrected chi connectivity index (χ4v) is 1.67. The summed E-state index contributed by atoms with van der Waals surface area (Å²) in [5, 5.41) is 37.4. The third-order valence-corrected chi connectivity index (χ3v) is 2.63. The second-order valence-electron chi connectivity index (χ2n) is 3.77. The van der Waals surface area contributed by atoms with Gasteiger partial charge in [-0.3, -0.25) is 0 Å². The standard InChI is InChI=1S/C12H18O6/c1-17-9-3-7(5-13)4-10(18-2)11(9)12(16)8(15)6-14/h3-4,8,12-16H,5-6H2,1-2H3. The van der Waals surface area contributed by atoms with Gasteiger partial charge in [0.1, 0.15) is 23.7 Å². The number of aliphatic hydroxyl groups excluding tert-OH is 4. The normalized spacial score (nSPS) is 14.1. The molecule has 0 heterocycles. The van der Waals surface area contributed by atoms with Crippen molar-refractivity contribution < 1.29 is 29.9 Å². The number of hydrogen-bond acceptors (Lipinski definition) is 6. The van der Waals surface area contributed by atoms with Crippen molar-refractivity contribution in [1.29, 1.82) is 0 Å². The van der Waals surface area contributed by atoms with Gasteiger partial charge in [0.2, 0.25) is 0 Å². The lowest BCUT2D eigenvalue weighted by Gasteiger charge is -2.21. The maximum Gasteiger partial charge on any atom is 0.128 e. The topological polar surface area (TPSA) is 99.4 Å². The van der Waals surface area contributed by atoms with Crippen LogP contribution in [0.1, 0.15) is 17.2 Å². The van der Waals surface area contributed by atoms with Crippen LogP contribution in [0, 0.1) is 0 Å². The number of hydrogen-bond donors (Lipinski definition) is 4. The van der Waals surface area contributed by atoms with Crippen LogP contribution >= 0.6 is 0 Å². The van der Waals surface area contributed by atoms with E-state index in [0.717, 1.165) is 0 Å². The fourth-order valence-electron chi connectivity index (χ4n) is 1.67. The van der Waals surface area contributed by atoms with E-state index < -0.39 is 18.8 Å². The summed E-state index contributed by atoms with van der Waals surface area (Å²) in [5.41, 5.74) is 0.789. The van der Waals surface area contributed by atoms with Crippen LogP contribution in [-0.4, -0.2) is 47.4 Å². The van der Waals surface area contributed by atoms with Crippen molar-refractivity contribution in [3.8, 4) is 11.5 Å². The molecule has 0 aliphatic rings. The summed E-state index contributed by atoms with van der Waals surface area (Å²) in [5.74, 6) is 0.553. The SMILES string of the molecule is COc1cc(CO)cc(OC)c1C(O)C(O)CO. The molecule has 0 saturated carbocycles. The summed E-state index contributed by atoms with van der Waals surface area (Å²) in [7, 11) is 2.80. The van der Waals surface area contributed by atoms with Gasteiger partial charge in [0, 0.05) is 0 Å². The van der Waals surface area contributed by atoms with Crippen LogP contribution in [0.3, 0.4) is 0 Å². The average molecular weight is 258 g/mol. The van der Waals surface area contributed by atoms with Gasteiger partial charge in [0.05, 0.1) is 33.0 Å². The van der Waals surface area contributed by atoms with Gasteiger partial charge in [0.15, 0.2) is 0 Å². The Bertz CT molecular complexity index is 367. The van der Waals surface area contributed by atoms with Crippen LogP contribution in [0.5, 0.6) is 11.5 Å². The van der Waals surface area contributed by atoms with Crippen LogP contribution in [0.4, 0.5) is 0 Å². The van der Waals surface area contributed by atoms with E-state index in [4.69, 9.17) is 19.7 Å². The second kappa shape index (κ2) is 6.55. The molecule has 4 N–H and O–H groups in total. The molecule has 0 bridgehead atoms. The molecule has 0 aliphatic carbocycles. The predicted molar refractivity (Wildman–Crippen MR) is 63.5 cm³/mol. The molecular weight excluding hydrogens is 240 g/mol. The van der Waals surface area contributed by atoms with Crippen LogP contribution < -0.4 is 9.47 Å². The monoisotopic (exact) mass is 258 g/mol. The van der Waals surface area contributed by atoms with Crippen LogP contribution in [-0.2, 0) is 6.61 Å². The Morgan fingerprint density at radius 1 is 1.06 bits per heavy atom. The van der Waals surface area contributed by atoms with Gasteiger partial charge in [-0.15, -0.1) is 0 Å². The Hall–Kier alpha value is -1.34. The van der Waals surface area contributed by atoms with Gasteiger partial charge >= 0.3 is 0 Å². The Morgan fingerprint density at radius 3 is 1.89 bits per heavy atom. The van der Waals surface area contributed by atoms with Gasteiger partial charge in [-0.2, -0.15) is 0 Å². The van der Waals surface area contributed by atoms with Gasteiger partial charge in [-0.25, -0.2) is 0 Å². The van der Waals surface area contributed by atoms with Crippen molar-refractivity contribution >= 4 is 0 Å². The maximum atomic E-state index is 9.94. The molecule has 0 fully saturated rings. The largest absolute Gasteiger partial charge is 0.496 e. The number of benzene rings is 1. The fraction of sp³-hybridized carbons (Fsp3) is 0.500. The minimum atomic E-state index is -1.34. The zero-order valence-electron chi connectivity index (χ0n) is 10.3. The zero-order chi connectivity index (χ0) is 13.7. The van der Waals surface area contributed by atoms with E-state index in [9.17, 15) is 10.2 Å². The van der Waals surface area contributed by atoms with Crippen LogP contribution in [0.15, 0.2) is 12.1 Å². The molecule has 1 rings (SSSR count). The van der Waals surface area contributed by atoms with E-state index in [0.29, 0.717) is 5.56 Å². The first-order chi connectivity index (χ1) is 8.58. The van der Waals surface area contributed by atoms with E-state index in [2.05, 4.69) is 0 Å². The molecule has 0 spiro atoms. The highest BCUT2D eigenvalue weighted by atomic mass is 16.5. The third kappa shape index (κ3) is 2.91.